The number of rotatable bonds is 5. The van der Waals surface area contributed by atoms with E-state index in [1.807, 2.05) is 19.2 Å². The van der Waals surface area contributed by atoms with Gasteiger partial charge in [0.15, 0.2) is 9.84 Å². The van der Waals surface area contributed by atoms with Gasteiger partial charge in [0.05, 0.1) is 10.9 Å². The predicted octanol–water partition coefficient (Wildman–Crippen LogP) is 3.52. The van der Waals surface area contributed by atoms with Gasteiger partial charge in [-0.05, 0) is 41.8 Å². The molecule has 0 saturated carbocycles. The van der Waals surface area contributed by atoms with Crippen LogP contribution in [0.1, 0.15) is 42.5 Å². The molecule has 2 aromatic carbocycles. The second kappa shape index (κ2) is 6.63. The molecule has 0 amide bonds. The Morgan fingerprint density at radius 1 is 0.818 bits per heavy atom. The Kier molecular flexibility index (Phi) is 5.04. The van der Waals surface area contributed by atoms with Crippen molar-refractivity contribution < 1.29 is 8.42 Å². The summed E-state index contributed by atoms with van der Waals surface area (Å²) in [5.74, 6) is 0.510. The molecule has 2 rings (SSSR count). The van der Waals surface area contributed by atoms with Gasteiger partial charge >= 0.3 is 0 Å². The summed E-state index contributed by atoms with van der Waals surface area (Å²) >= 11 is 0. The Labute approximate surface area is 133 Å². The second-order valence-electron chi connectivity index (χ2n) is 5.88. The average molecular weight is 317 g/mol. The van der Waals surface area contributed by atoms with E-state index in [0.29, 0.717) is 10.8 Å². The van der Waals surface area contributed by atoms with E-state index in [-0.39, 0.29) is 6.04 Å². The highest BCUT2D eigenvalue weighted by Gasteiger charge is 2.14. The molecule has 0 aliphatic rings. The molecule has 0 spiro atoms. The lowest BCUT2D eigenvalue weighted by Gasteiger charge is -2.18. The van der Waals surface area contributed by atoms with E-state index in [2.05, 4.69) is 43.4 Å². The molecule has 0 heterocycles. The van der Waals surface area contributed by atoms with Crippen LogP contribution in [0.25, 0.3) is 0 Å². The smallest absolute Gasteiger partial charge is 0.175 e. The lowest BCUT2D eigenvalue weighted by atomic mass is 9.95. The van der Waals surface area contributed by atoms with Crippen LogP contribution in [0.2, 0.25) is 0 Å². The van der Waals surface area contributed by atoms with Crippen molar-refractivity contribution in [3.05, 3.63) is 65.2 Å². The first-order valence-electron chi connectivity index (χ1n) is 7.40. The Morgan fingerprint density at radius 3 is 1.59 bits per heavy atom. The summed E-state index contributed by atoms with van der Waals surface area (Å²) in [6.45, 7) is 4.35. The van der Waals surface area contributed by atoms with Gasteiger partial charge in [-0.1, -0.05) is 50.2 Å². The molecule has 0 aromatic heterocycles. The van der Waals surface area contributed by atoms with Crippen LogP contribution >= 0.6 is 0 Å². The van der Waals surface area contributed by atoms with Crippen LogP contribution in [0.4, 0.5) is 0 Å². The van der Waals surface area contributed by atoms with E-state index in [4.69, 9.17) is 0 Å². The van der Waals surface area contributed by atoms with Crippen molar-refractivity contribution in [2.24, 2.45) is 0 Å². The number of nitrogens with one attached hydrogen (secondary N) is 1. The maximum Gasteiger partial charge on any atom is 0.175 e. The fraction of sp³-hybridized carbons (Fsp3) is 0.333. The third-order valence-corrected chi connectivity index (χ3v) is 5.00. The maximum absolute atomic E-state index is 11.5. The topological polar surface area (TPSA) is 46.2 Å². The minimum absolute atomic E-state index is 0.0508. The van der Waals surface area contributed by atoms with Crippen LogP contribution in [-0.4, -0.2) is 21.7 Å². The first kappa shape index (κ1) is 16.7. The van der Waals surface area contributed by atoms with Gasteiger partial charge in [-0.3, -0.25) is 0 Å². The molecular formula is C18H23NO2S. The molecule has 0 fully saturated rings. The molecule has 0 radical (unpaired) electrons. The lowest BCUT2D eigenvalue weighted by molar-refractivity contribution is 0.601. The van der Waals surface area contributed by atoms with Crippen molar-refractivity contribution in [3.8, 4) is 0 Å². The number of hydrogen-bond acceptors (Lipinski definition) is 3. The molecule has 4 heteroatoms. The summed E-state index contributed by atoms with van der Waals surface area (Å²) in [6, 6.07) is 15.7. The zero-order valence-corrected chi connectivity index (χ0v) is 14.3. The molecular weight excluding hydrogens is 294 g/mol. The Bertz CT molecular complexity index is 717. The minimum Gasteiger partial charge on any atom is -0.309 e. The molecule has 1 atom stereocenters. The molecule has 3 nitrogen and oxygen atoms in total. The second-order valence-corrected chi connectivity index (χ2v) is 7.90. The summed E-state index contributed by atoms with van der Waals surface area (Å²) in [4.78, 5) is 0.348. The minimum atomic E-state index is -3.15. The van der Waals surface area contributed by atoms with Crippen molar-refractivity contribution >= 4 is 9.84 Å². The zero-order valence-electron chi connectivity index (χ0n) is 13.5. The van der Waals surface area contributed by atoms with Crippen molar-refractivity contribution in [1.29, 1.82) is 0 Å². The van der Waals surface area contributed by atoms with Crippen molar-refractivity contribution in [3.63, 3.8) is 0 Å². The van der Waals surface area contributed by atoms with Crippen LogP contribution in [0.15, 0.2) is 53.4 Å². The van der Waals surface area contributed by atoms with Gasteiger partial charge in [0, 0.05) is 6.26 Å². The van der Waals surface area contributed by atoms with E-state index < -0.39 is 9.84 Å². The highest BCUT2D eigenvalue weighted by Crippen LogP contribution is 2.25. The zero-order chi connectivity index (χ0) is 16.3. The fourth-order valence-electron chi connectivity index (χ4n) is 2.51. The standard InChI is InChI=1S/C18H23NO2S/c1-13(2)14-5-7-15(8-6-14)18(19-3)16-9-11-17(12-10-16)22(4,20)21/h5-13,18-19H,1-4H3. The van der Waals surface area contributed by atoms with Crippen molar-refractivity contribution in [2.45, 2.75) is 30.7 Å². The molecule has 0 aliphatic carbocycles. The third kappa shape index (κ3) is 3.76. The monoisotopic (exact) mass is 317 g/mol. The summed E-state index contributed by atoms with van der Waals surface area (Å²) < 4.78 is 23.1. The van der Waals surface area contributed by atoms with Gasteiger partial charge < -0.3 is 5.32 Å². The van der Waals surface area contributed by atoms with Crippen molar-refractivity contribution in [2.75, 3.05) is 13.3 Å². The van der Waals surface area contributed by atoms with E-state index in [1.54, 1.807) is 12.1 Å². The first-order chi connectivity index (χ1) is 10.3. The van der Waals surface area contributed by atoms with Crippen LogP contribution < -0.4 is 5.32 Å². The van der Waals surface area contributed by atoms with Crippen molar-refractivity contribution in [1.82, 2.24) is 5.32 Å². The van der Waals surface area contributed by atoms with E-state index >= 15 is 0 Å². The van der Waals surface area contributed by atoms with Crippen LogP contribution in [-0.2, 0) is 9.84 Å². The summed E-state index contributed by atoms with van der Waals surface area (Å²) in [5, 5.41) is 3.29. The average Bonchev–Trinajstić information content (AvgIpc) is 2.48. The fourth-order valence-corrected chi connectivity index (χ4v) is 3.14. The van der Waals surface area contributed by atoms with E-state index in [0.717, 1.165) is 5.56 Å². The van der Waals surface area contributed by atoms with Crippen LogP contribution in [0.5, 0.6) is 0 Å². The van der Waals surface area contributed by atoms with Gasteiger partial charge in [0.1, 0.15) is 0 Å². The third-order valence-electron chi connectivity index (χ3n) is 3.87. The molecule has 0 saturated heterocycles. The first-order valence-corrected chi connectivity index (χ1v) is 9.29. The Morgan fingerprint density at radius 2 is 1.23 bits per heavy atom. The highest BCUT2D eigenvalue weighted by molar-refractivity contribution is 7.90. The maximum atomic E-state index is 11.5. The molecule has 0 aliphatic heterocycles. The number of sulfone groups is 1. The van der Waals surface area contributed by atoms with Gasteiger partial charge in [0.2, 0.25) is 0 Å². The quantitative estimate of drug-likeness (QED) is 0.918. The molecule has 1 N–H and O–H groups in total. The van der Waals surface area contributed by atoms with Crippen LogP contribution in [0.3, 0.4) is 0 Å². The molecule has 22 heavy (non-hydrogen) atoms. The van der Waals surface area contributed by atoms with Gasteiger partial charge in [-0.2, -0.15) is 0 Å². The van der Waals surface area contributed by atoms with E-state index in [9.17, 15) is 8.42 Å². The highest BCUT2D eigenvalue weighted by atomic mass is 32.2. The predicted molar refractivity (Wildman–Crippen MR) is 91.0 cm³/mol. The Balaban J connectivity index is 2.31. The summed E-state index contributed by atoms with van der Waals surface area (Å²) in [5.41, 5.74) is 3.53. The van der Waals surface area contributed by atoms with E-state index in [1.165, 1.54) is 17.4 Å². The van der Waals surface area contributed by atoms with Gasteiger partial charge in [0.25, 0.3) is 0 Å². The van der Waals surface area contributed by atoms with Crippen LogP contribution in [0, 0.1) is 0 Å². The summed E-state index contributed by atoms with van der Waals surface area (Å²) in [7, 11) is -1.24. The Hall–Kier alpha value is -1.65. The molecule has 2 aromatic rings. The van der Waals surface area contributed by atoms with Gasteiger partial charge in [-0.25, -0.2) is 8.42 Å². The molecule has 0 bridgehead atoms. The molecule has 1 unspecified atom stereocenters. The molecule has 118 valence electrons. The number of hydrogen-bond donors (Lipinski definition) is 1. The SMILES string of the molecule is CNC(c1ccc(C(C)C)cc1)c1ccc(S(C)(=O)=O)cc1. The lowest BCUT2D eigenvalue weighted by Crippen LogP contribution is -2.17. The largest absolute Gasteiger partial charge is 0.309 e. The number of benzene rings is 2. The summed E-state index contributed by atoms with van der Waals surface area (Å²) in [6.07, 6.45) is 1.22. The normalized spacial score (nSPS) is 13.3. The van der Waals surface area contributed by atoms with Gasteiger partial charge in [-0.15, -0.1) is 0 Å².